The Morgan fingerprint density at radius 2 is 1.69 bits per heavy atom. The molecule has 16 heavy (non-hydrogen) atoms. The first kappa shape index (κ1) is 15.4. The van der Waals surface area contributed by atoms with Crippen LogP contribution in [0.4, 0.5) is 0 Å². The minimum Gasteiger partial charge on any atom is -0.469 e. The molecule has 0 bridgehead atoms. The molecule has 0 N–H and O–H groups in total. The van der Waals surface area contributed by atoms with E-state index < -0.39 is 5.41 Å². The molecule has 0 aromatic rings. The van der Waals surface area contributed by atoms with Crippen LogP contribution in [0.15, 0.2) is 0 Å². The smallest absolute Gasteiger partial charge is 0.311 e. The van der Waals surface area contributed by atoms with Crippen molar-refractivity contribution >= 4 is 5.97 Å². The van der Waals surface area contributed by atoms with Crippen LogP contribution in [-0.4, -0.2) is 25.3 Å². The molecular formula is C13H26O3. The topological polar surface area (TPSA) is 35.5 Å². The summed E-state index contributed by atoms with van der Waals surface area (Å²) in [6.45, 7) is 10.8. The zero-order chi connectivity index (χ0) is 12.8. The van der Waals surface area contributed by atoms with Gasteiger partial charge >= 0.3 is 5.97 Å². The van der Waals surface area contributed by atoms with Crippen LogP contribution in [0.1, 0.15) is 53.9 Å². The number of carbonyl (C=O) groups is 1. The van der Waals surface area contributed by atoms with Gasteiger partial charge in [-0.3, -0.25) is 4.79 Å². The summed E-state index contributed by atoms with van der Waals surface area (Å²) in [4.78, 5) is 11.6. The minimum atomic E-state index is -0.418. The number of hydrogen-bond acceptors (Lipinski definition) is 3. The maximum Gasteiger partial charge on any atom is 0.311 e. The lowest BCUT2D eigenvalue weighted by Crippen LogP contribution is -2.32. The molecule has 1 unspecified atom stereocenters. The third-order valence-electron chi connectivity index (χ3n) is 3.46. The molecule has 0 spiro atoms. The number of carbonyl (C=O) groups excluding carboxylic acids is 1. The highest BCUT2D eigenvalue weighted by atomic mass is 16.5. The van der Waals surface area contributed by atoms with Crippen molar-refractivity contribution in [3.8, 4) is 0 Å². The van der Waals surface area contributed by atoms with Gasteiger partial charge in [-0.1, -0.05) is 13.8 Å². The highest BCUT2D eigenvalue weighted by Crippen LogP contribution is 2.28. The summed E-state index contributed by atoms with van der Waals surface area (Å²) in [6, 6.07) is 0. The van der Waals surface area contributed by atoms with Gasteiger partial charge in [-0.25, -0.2) is 0 Å². The third kappa shape index (κ3) is 4.52. The van der Waals surface area contributed by atoms with Gasteiger partial charge in [-0.05, 0) is 40.0 Å². The van der Waals surface area contributed by atoms with Crippen LogP contribution < -0.4 is 0 Å². The largest absolute Gasteiger partial charge is 0.469 e. The van der Waals surface area contributed by atoms with Crippen LogP contribution in [-0.2, 0) is 14.3 Å². The Morgan fingerprint density at radius 3 is 2.06 bits per heavy atom. The standard InChI is InChI=1S/C13H26O3/c1-7-12(3,4)16-10-9-13(5,8-2)11(14)15-6/h7-10H2,1-6H3. The Balaban J connectivity index is 4.21. The molecule has 0 fully saturated rings. The van der Waals surface area contributed by atoms with Gasteiger partial charge in [-0.15, -0.1) is 0 Å². The molecule has 0 aromatic carbocycles. The zero-order valence-electron chi connectivity index (χ0n) is 11.6. The SMILES string of the molecule is CCC(C)(C)OCCC(C)(CC)C(=O)OC. The lowest BCUT2D eigenvalue weighted by Gasteiger charge is -2.28. The van der Waals surface area contributed by atoms with E-state index in [-0.39, 0.29) is 11.6 Å². The van der Waals surface area contributed by atoms with Crippen LogP contribution in [0.5, 0.6) is 0 Å². The molecule has 3 heteroatoms. The van der Waals surface area contributed by atoms with Crippen molar-refractivity contribution in [2.45, 2.75) is 59.5 Å². The van der Waals surface area contributed by atoms with Crippen molar-refractivity contribution in [1.29, 1.82) is 0 Å². The Bertz CT molecular complexity index is 223. The Labute approximate surface area is 99.5 Å². The fourth-order valence-electron chi connectivity index (χ4n) is 1.32. The van der Waals surface area contributed by atoms with E-state index in [2.05, 4.69) is 20.8 Å². The molecule has 0 aliphatic rings. The first-order chi connectivity index (χ1) is 7.31. The molecule has 0 rings (SSSR count). The molecule has 0 aromatic heterocycles. The number of esters is 1. The highest BCUT2D eigenvalue weighted by Gasteiger charge is 2.32. The highest BCUT2D eigenvalue weighted by molar-refractivity contribution is 5.76. The zero-order valence-corrected chi connectivity index (χ0v) is 11.6. The molecule has 3 nitrogen and oxygen atoms in total. The molecule has 96 valence electrons. The van der Waals surface area contributed by atoms with Gasteiger partial charge in [0.15, 0.2) is 0 Å². The summed E-state index contributed by atoms with van der Waals surface area (Å²) in [6.07, 6.45) is 2.45. The lowest BCUT2D eigenvalue weighted by atomic mass is 9.84. The van der Waals surface area contributed by atoms with Crippen LogP contribution in [0.25, 0.3) is 0 Å². The molecule has 0 saturated carbocycles. The fourth-order valence-corrected chi connectivity index (χ4v) is 1.32. The summed E-state index contributed by atoms with van der Waals surface area (Å²) in [5.41, 5.74) is -0.524. The second kappa shape index (κ2) is 6.24. The van der Waals surface area contributed by atoms with Gasteiger partial charge in [0.05, 0.1) is 18.1 Å². The lowest BCUT2D eigenvalue weighted by molar-refractivity contribution is -0.154. The van der Waals surface area contributed by atoms with Crippen molar-refractivity contribution in [3.05, 3.63) is 0 Å². The number of rotatable bonds is 7. The van der Waals surface area contributed by atoms with E-state index in [1.165, 1.54) is 7.11 Å². The fraction of sp³-hybridized carbons (Fsp3) is 0.923. The maximum absolute atomic E-state index is 11.6. The summed E-state index contributed by atoms with van der Waals surface area (Å²) in [5, 5.41) is 0. The average molecular weight is 230 g/mol. The average Bonchev–Trinajstić information content (AvgIpc) is 2.27. The van der Waals surface area contributed by atoms with Gasteiger partial charge in [-0.2, -0.15) is 0 Å². The Hall–Kier alpha value is -0.570. The molecular weight excluding hydrogens is 204 g/mol. The van der Waals surface area contributed by atoms with E-state index in [1.54, 1.807) is 0 Å². The summed E-state index contributed by atoms with van der Waals surface area (Å²) >= 11 is 0. The Morgan fingerprint density at radius 1 is 1.12 bits per heavy atom. The Kier molecular flexibility index (Phi) is 6.01. The molecule has 0 heterocycles. The second-order valence-electron chi connectivity index (χ2n) is 5.12. The monoisotopic (exact) mass is 230 g/mol. The molecule has 0 aliphatic carbocycles. The van der Waals surface area contributed by atoms with Crippen LogP contribution in [0.2, 0.25) is 0 Å². The van der Waals surface area contributed by atoms with Crippen molar-refractivity contribution in [1.82, 2.24) is 0 Å². The molecule has 0 radical (unpaired) electrons. The number of methoxy groups -OCH3 is 1. The third-order valence-corrected chi connectivity index (χ3v) is 3.46. The van der Waals surface area contributed by atoms with Gasteiger partial charge < -0.3 is 9.47 Å². The van der Waals surface area contributed by atoms with Crippen LogP contribution in [0.3, 0.4) is 0 Å². The normalized spacial score (nSPS) is 15.6. The van der Waals surface area contributed by atoms with Crippen molar-refractivity contribution in [2.24, 2.45) is 5.41 Å². The van der Waals surface area contributed by atoms with Crippen molar-refractivity contribution in [3.63, 3.8) is 0 Å². The molecule has 0 aliphatic heterocycles. The van der Waals surface area contributed by atoms with E-state index in [4.69, 9.17) is 9.47 Å². The van der Waals surface area contributed by atoms with Gasteiger partial charge in [0.1, 0.15) is 0 Å². The van der Waals surface area contributed by atoms with Crippen LogP contribution in [0, 0.1) is 5.41 Å². The second-order valence-corrected chi connectivity index (χ2v) is 5.12. The number of hydrogen-bond donors (Lipinski definition) is 0. The maximum atomic E-state index is 11.6. The van der Waals surface area contributed by atoms with Gasteiger partial charge in [0.2, 0.25) is 0 Å². The van der Waals surface area contributed by atoms with E-state index >= 15 is 0 Å². The molecule has 0 saturated heterocycles. The number of ether oxygens (including phenoxy) is 2. The minimum absolute atomic E-state index is 0.106. The van der Waals surface area contributed by atoms with E-state index in [0.717, 1.165) is 12.8 Å². The van der Waals surface area contributed by atoms with Crippen LogP contribution >= 0.6 is 0 Å². The molecule has 0 amide bonds. The molecule has 1 atom stereocenters. The quantitative estimate of drug-likeness (QED) is 0.630. The predicted octanol–water partition coefficient (Wildman–Crippen LogP) is 3.17. The summed E-state index contributed by atoms with van der Waals surface area (Å²) < 4.78 is 10.6. The van der Waals surface area contributed by atoms with Gasteiger partial charge in [0.25, 0.3) is 0 Å². The first-order valence-electron chi connectivity index (χ1n) is 6.03. The van der Waals surface area contributed by atoms with Gasteiger partial charge in [0, 0.05) is 6.61 Å². The van der Waals surface area contributed by atoms with E-state index in [9.17, 15) is 4.79 Å². The van der Waals surface area contributed by atoms with E-state index in [0.29, 0.717) is 13.0 Å². The predicted molar refractivity (Wildman–Crippen MR) is 65.4 cm³/mol. The first-order valence-corrected chi connectivity index (χ1v) is 6.03. The summed E-state index contributed by atoms with van der Waals surface area (Å²) in [5.74, 6) is -0.145. The van der Waals surface area contributed by atoms with Crippen molar-refractivity contribution in [2.75, 3.05) is 13.7 Å². The van der Waals surface area contributed by atoms with Crippen molar-refractivity contribution < 1.29 is 14.3 Å². The summed E-state index contributed by atoms with van der Waals surface area (Å²) in [7, 11) is 1.44. The van der Waals surface area contributed by atoms with E-state index in [1.807, 2.05) is 13.8 Å².